The van der Waals surface area contributed by atoms with Crippen molar-refractivity contribution in [2.24, 2.45) is 21.5 Å². The highest BCUT2D eigenvalue weighted by Gasteiger charge is 2.35. The van der Waals surface area contributed by atoms with Crippen molar-refractivity contribution in [2.75, 3.05) is 32.2 Å². The number of anilines is 2. The molecule has 0 saturated heterocycles. The first-order valence-corrected chi connectivity index (χ1v) is 11.0. The monoisotopic (exact) mass is 488 g/mol. The topological polar surface area (TPSA) is 189 Å². The normalized spacial score (nSPS) is 17.2. The summed E-state index contributed by atoms with van der Waals surface area (Å²) in [4.78, 5) is 22.2. The first-order valence-electron chi connectivity index (χ1n) is 11.0. The van der Waals surface area contributed by atoms with E-state index in [1.165, 1.54) is 6.20 Å². The number of imidazole rings is 1. The van der Waals surface area contributed by atoms with Gasteiger partial charge in [0.05, 0.1) is 30.7 Å². The summed E-state index contributed by atoms with van der Waals surface area (Å²) in [5.74, 6) is 2.16. The van der Waals surface area contributed by atoms with E-state index in [2.05, 4.69) is 40.6 Å². The lowest BCUT2D eigenvalue weighted by Gasteiger charge is -2.24. The van der Waals surface area contributed by atoms with Crippen LogP contribution in [0.15, 0.2) is 46.6 Å². The SMILES string of the molecule is COCCOc1cnnc(Nc2cc(-c3c(C4(N)C=NC(N)=NC4)nc4cccnn34)nc(C)n2)c1. The summed E-state index contributed by atoms with van der Waals surface area (Å²) in [6, 6.07) is 7.11. The summed E-state index contributed by atoms with van der Waals surface area (Å²) in [5.41, 5.74) is 13.6. The average molecular weight is 489 g/mol. The molecule has 1 unspecified atom stereocenters. The van der Waals surface area contributed by atoms with Gasteiger partial charge in [0, 0.05) is 31.7 Å². The van der Waals surface area contributed by atoms with Gasteiger partial charge in [-0.3, -0.25) is 0 Å². The van der Waals surface area contributed by atoms with E-state index in [9.17, 15) is 0 Å². The first-order chi connectivity index (χ1) is 17.4. The van der Waals surface area contributed by atoms with E-state index in [0.29, 0.717) is 59.2 Å². The Morgan fingerprint density at radius 2 is 2.06 bits per heavy atom. The van der Waals surface area contributed by atoms with Crippen molar-refractivity contribution in [3.8, 4) is 17.1 Å². The fourth-order valence-corrected chi connectivity index (χ4v) is 3.67. The molecule has 14 nitrogen and oxygen atoms in total. The standard InChI is InChI=1S/C22H24N12O2/c1-13-29-15(9-16(30-13)31-17-8-14(10-27-33-17)36-7-6-35-2)19-20(22(24)11-25-21(23)26-12-22)32-18-4-3-5-28-34(18)19/h3-5,8-11H,6-7,12,24H2,1-2H3,(H2,23,26)(H,29,30,31,33). The van der Waals surface area contributed by atoms with Gasteiger partial charge in [-0.15, -0.1) is 5.10 Å². The summed E-state index contributed by atoms with van der Waals surface area (Å²) >= 11 is 0. The summed E-state index contributed by atoms with van der Waals surface area (Å²) in [6.45, 7) is 2.81. The number of aliphatic imine (C=N–C) groups is 2. The van der Waals surface area contributed by atoms with Gasteiger partial charge < -0.3 is 26.3 Å². The minimum absolute atomic E-state index is 0.165. The third kappa shape index (κ3) is 4.67. The zero-order valence-electron chi connectivity index (χ0n) is 19.7. The molecule has 0 radical (unpaired) electrons. The van der Waals surface area contributed by atoms with Crippen LogP contribution >= 0.6 is 0 Å². The number of aryl methyl sites for hydroxylation is 1. The number of hydrogen-bond acceptors (Lipinski definition) is 13. The van der Waals surface area contributed by atoms with Crippen molar-refractivity contribution in [3.05, 3.63) is 48.2 Å². The molecular weight excluding hydrogens is 464 g/mol. The maximum atomic E-state index is 6.70. The van der Waals surface area contributed by atoms with Crippen molar-refractivity contribution in [2.45, 2.75) is 12.5 Å². The second-order valence-corrected chi connectivity index (χ2v) is 8.00. The Morgan fingerprint density at radius 3 is 2.86 bits per heavy atom. The van der Waals surface area contributed by atoms with Crippen LogP contribution < -0.4 is 21.5 Å². The maximum Gasteiger partial charge on any atom is 0.215 e. The number of rotatable bonds is 8. The largest absolute Gasteiger partial charge is 0.489 e. The molecule has 5 N–H and O–H groups in total. The molecule has 0 fully saturated rings. The van der Waals surface area contributed by atoms with E-state index >= 15 is 0 Å². The van der Waals surface area contributed by atoms with Gasteiger partial charge in [0.2, 0.25) is 5.96 Å². The van der Waals surface area contributed by atoms with Gasteiger partial charge in [-0.2, -0.15) is 10.2 Å². The minimum atomic E-state index is -1.10. The predicted molar refractivity (Wildman–Crippen MR) is 132 cm³/mol. The molecule has 4 aromatic heterocycles. The molecular formula is C22H24N12O2. The number of hydrogen-bond donors (Lipinski definition) is 3. The number of aromatic nitrogens is 7. The van der Waals surface area contributed by atoms with Crippen LogP contribution in [0.5, 0.6) is 5.75 Å². The van der Waals surface area contributed by atoms with Gasteiger partial charge in [0.15, 0.2) is 11.5 Å². The molecule has 1 aliphatic heterocycles. The van der Waals surface area contributed by atoms with Crippen LogP contribution in [0.4, 0.5) is 11.6 Å². The Kier molecular flexibility index (Phi) is 6.18. The highest BCUT2D eigenvalue weighted by atomic mass is 16.5. The van der Waals surface area contributed by atoms with E-state index in [0.717, 1.165) is 0 Å². The van der Waals surface area contributed by atoms with Gasteiger partial charge in [-0.25, -0.2) is 29.5 Å². The Labute approximate surface area is 205 Å². The number of nitrogens with one attached hydrogen (secondary N) is 1. The minimum Gasteiger partial charge on any atom is -0.489 e. The summed E-state index contributed by atoms with van der Waals surface area (Å²) in [6.07, 6.45) is 4.74. The van der Waals surface area contributed by atoms with Gasteiger partial charge in [-0.05, 0) is 19.1 Å². The van der Waals surface area contributed by atoms with Gasteiger partial charge in [-0.1, -0.05) is 0 Å². The van der Waals surface area contributed by atoms with Crippen molar-refractivity contribution in [1.29, 1.82) is 0 Å². The maximum absolute atomic E-state index is 6.70. The average Bonchev–Trinajstić information content (AvgIpc) is 3.27. The van der Waals surface area contributed by atoms with Gasteiger partial charge in [0.25, 0.3) is 0 Å². The molecule has 0 aliphatic carbocycles. The molecule has 0 bridgehead atoms. The van der Waals surface area contributed by atoms with Gasteiger partial charge >= 0.3 is 0 Å². The molecule has 4 aromatic rings. The molecule has 5 heterocycles. The van der Waals surface area contributed by atoms with Crippen LogP contribution in [0.1, 0.15) is 11.5 Å². The van der Waals surface area contributed by atoms with Crippen molar-refractivity contribution >= 4 is 29.5 Å². The number of ether oxygens (including phenoxy) is 2. The predicted octanol–water partition coefficient (Wildman–Crippen LogP) is 0.607. The molecule has 0 aromatic carbocycles. The smallest absolute Gasteiger partial charge is 0.215 e. The summed E-state index contributed by atoms with van der Waals surface area (Å²) < 4.78 is 12.3. The third-order valence-corrected chi connectivity index (χ3v) is 5.29. The van der Waals surface area contributed by atoms with Crippen LogP contribution in [0.2, 0.25) is 0 Å². The Bertz CT molecular complexity index is 1470. The fraction of sp³-hybridized carbons (Fsp3) is 0.273. The number of guanidine groups is 1. The zero-order valence-corrected chi connectivity index (χ0v) is 19.7. The number of nitrogens with two attached hydrogens (primary N) is 2. The molecule has 14 heteroatoms. The molecule has 1 atom stereocenters. The quantitative estimate of drug-likeness (QED) is 0.295. The van der Waals surface area contributed by atoms with Crippen LogP contribution in [-0.2, 0) is 10.3 Å². The molecule has 184 valence electrons. The lowest BCUT2D eigenvalue weighted by atomic mass is 9.94. The van der Waals surface area contributed by atoms with Crippen LogP contribution in [0, 0.1) is 6.92 Å². The Morgan fingerprint density at radius 1 is 1.17 bits per heavy atom. The zero-order chi connectivity index (χ0) is 25.1. The van der Waals surface area contributed by atoms with E-state index in [-0.39, 0.29) is 12.5 Å². The molecule has 1 aliphatic rings. The summed E-state index contributed by atoms with van der Waals surface area (Å²) in [5, 5.41) is 15.7. The molecule has 0 amide bonds. The van der Waals surface area contributed by atoms with E-state index in [1.54, 1.807) is 49.2 Å². The molecule has 36 heavy (non-hydrogen) atoms. The highest BCUT2D eigenvalue weighted by Crippen LogP contribution is 2.32. The van der Waals surface area contributed by atoms with Crippen LogP contribution in [-0.4, -0.2) is 73.8 Å². The molecule has 0 saturated carbocycles. The lowest BCUT2D eigenvalue weighted by molar-refractivity contribution is 0.146. The Hall–Kier alpha value is -4.56. The van der Waals surface area contributed by atoms with Crippen molar-refractivity contribution in [1.82, 2.24) is 34.8 Å². The second-order valence-electron chi connectivity index (χ2n) is 8.00. The number of methoxy groups -OCH3 is 1. The first kappa shape index (κ1) is 23.2. The number of nitrogens with zero attached hydrogens (tertiary/aromatic N) is 9. The second kappa shape index (κ2) is 9.59. The van der Waals surface area contributed by atoms with E-state index in [4.69, 9.17) is 25.9 Å². The van der Waals surface area contributed by atoms with Gasteiger partial charge in [0.1, 0.15) is 35.2 Å². The summed E-state index contributed by atoms with van der Waals surface area (Å²) in [7, 11) is 1.61. The van der Waals surface area contributed by atoms with Crippen LogP contribution in [0.25, 0.3) is 17.0 Å². The van der Waals surface area contributed by atoms with Crippen LogP contribution in [0.3, 0.4) is 0 Å². The number of fused-ring (bicyclic) bond motifs is 1. The molecule has 5 rings (SSSR count). The fourth-order valence-electron chi connectivity index (χ4n) is 3.67. The van der Waals surface area contributed by atoms with E-state index in [1.807, 2.05) is 6.07 Å². The highest BCUT2D eigenvalue weighted by molar-refractivity contribution is 5.93. The molecule has 0 spiro atoms. The van der Waals surface area contributed by atoms with E-state index < -0.39 is 5.54 Å². The van der Waals surface area contributed by atoms with Crippen molar-refractivity contribution in [3.63, 3.8) is 0 Å². The van der Waals surface area contributed by atoms with Crippen molar-refractivity contribution < 1.29 is 9.47 Å². The third-order valence-electron chi connectivity index (χ3n) is 5.29. The lowest BCUT2D eigenvalue weighted by Crippen LogP contribution is -2.45. The Balaban J connectivity index is 1.54.